The van der Waals surface area contributed by atoms with Crippen molar-refractivity contribution in [3.05, 3.63) is 68.2 Å². The van der Waals surface area contributed by atoms with Crippen LogP contribution in [0.2, 0.25) is 0 Å². The molecule has 1 unspecified atom stereocenters. The van der Waals surface area contributed by atoms with E-state index in [1.54, 1.807) is 30.3 Å². The van der Waals surface area contributed by atoms with Gasteiger partial charge in [-0.2, -0.15) is 0 Å². The van der Waals surface area contributed by atoms with Gasteiger partial charge in [0.05, 0.1) is 23.3 Å². The van der Waals surface area contributed by atoms with Gasteiger partial charge in [-0.3, -0.25) is 25.1 Å². The molecule has 1 saturated heterocycles. The normalized spacial score (nSPS) is 16.3. The summed E-state index contributed by atoms with van der Waals surface area (Å²) in [5, 5.41) is 11.6. The van der Waals surface area contributed by atoms with Crippen molar-refractivity contribution in [1.29, 1.82) is 0 Å². The molecule has 2 aromatic carbocycles. The standard InChI is InChI=1S/C17H14BrN3O5S/c1-26-12-6-7-14(18)13(8-12)16(23)19-20-15(22)9-27-17(20)10-2-4-11(5-3-10)21(24)25/h2-8,17H,9H2,1H3,(H,19,23). The van der Waals surface area contributed by atoms with Crippen LogP contribution in [0.25, 0.3) is 0 Å². The van der Waals surface area contributed by atoms with Crippen LogP contribution in [0.15, 0.2) is 46.9 Å². The first-order valence-electron chi connectivity index (χ1n) is 7.73. The van der Waals surface area contributed by atoms with E-state index in [4.69, 9.17) is 4.74 Å². The van der Waals surface area contributed by atoms with Gasteiger partial charge in [-0.25, -0.2) is 5.01 Å². The topological polar surface area (TPSA) is 102 Å². The third kappa shape index (κ3) is 4.06. The van der Waals surface area contributed by atoms with Crippen LogP contribution < -0.4 is 10.2 Å². The molecule has 2 aromatic rings. The Morgan fingerprint density at radius 2 is 2.04 bits per heavy atom. The molecule has 0 spiro atoms. The number of carbonyl (C=O) groups is 2. The number of methoxy groups -OCH3 is 1. The summed E-state index contributed by atoms with van der Waals surface area (Å²) in [6.45, 7) is 0. The molecule has 1 aliphatic heterocycles. The van der Waals surface area contributed by atoms with Gasteiger partial charge in [0.1, 0.15) is 11.1 Å². The van der Waals surface area contributed by atoms with Gasteiger partial charge >= 0.3 is 0 Å². The zero-order chi connectivity index (χ0) is 19.6. The van der Waals surface area contributed by atoms with E-state index in [0.29, 0.717) is 21.3 Å². The molecule has 10 heteroatoms. The fourth-order valence-corrected chi connectivity index (χ4v) is 4.06. The maximum atomic E-state index is 12.7. The number of ether oxygens (including phenoxy) is 1. The van der Waals surface area contributed by atoms with E-state index in [1.165, 1.54) is 36.0 Å². The Balaban J connectivity index is 1.82. The van der Waals surface area contributed by atoms with Gasteiger partial charge in [-0.15, -0.1) is 11.8 Å². The summed E-state index contributed by atoms with van der Waals surface area (Å²) in [7, 11) is 1.50. The van der Waals surface area contributed by atoms with Crippen molar-refractivity contribution in [2.45, 2.75) is 5.37 Å². The minimum atomic E-state index is -0.489. The fourth-order valence-electron chi connectivity index (χ4n) is 2.53. The van der Waals surface area contributed by atoms with Crippen LogP contribution in [0.4, 0.5) is 5.69 Å². The number of halogens is 1. The number of non-ortho nitro benzene ring substituents is 1. The minimum Gasteiger partial charge on any atom is -0.497 e. The molecular weight excluding hydrogens is 438 g/mol. The van der Waals surface area contributed by atoms with E-state index in [1.807, 2.05) is 0 Å². The van der Waals surface area contributed by atoms with Crippen molar-refractivity contribution in [2.24, 2.45) is 0 Å². The van der Waals surface area contributed by atoms with Crippen LogP contribution in [0.5, 0.6) is 5.75 Å². The third-order valence-corrected chi connectivity index (χ3v) is 5.80. The van der Waals surface area contributed by atoms with Crippen molar-refractivity contribution in [3.63, 3.8) is 0 Å². The number of benzene rings is 2. The van der Waals surface area contributed by atoms with Crippen LogP contribution in [0.3, 0.4) is 0 Å². The zero-order valence-corrected chi connectivity index (χ0v) is 16.5. The van der Waals surface area contributed by atoms with Crippen molar-refractivity contribution in [3.8, 4) is 5.75 Å². The molecule has 2 amide bonds. The Morgan fingerprint density at radius 1 is 1.33 bits per heavy atom. The van der Waals surface area contributed by atoms with E-state index in [2.05, 4.69) is 21.4 Å². The maximum absolute atomic E-state index is 12.7. The van der Waals surface area contributed by atoms with Gasteiger partial charge in [0, 0.05) is 16.6 Å². The van der Waals surface area contributed by atoms with Gasteiger partial charge < -0.3 is 4.74 Å². The Morgan fingerprint density at radius 3 is 2.67 bits per heavy atom. The number of hydrogen-bond donors (Lipinski definition) is 1. The smallest absolute Gasteiger partial charge is 0.271 e. The molecular formula is C17H14BrN3O5S. The van der Waals surface area contributed by atoms with Crippen LogP contribution in [0, 0.1) is 10.1 Å². The highest BCUT2D eigenvalue weighted by atomic mass is 79.9. The summed E-state index contributed by atoms with van der Waals surface area (Å²) >= 11 is 4.65. The van der Waals surface area contributed by atoms with Crippen molar-refractivity contribution < 1.29 is 19.2 Å². The lowest BCUT2D eigenvalue weighted by atomic mass is 10.2. The largest absolute Gasteiger partial charge is 0.497 e. The highest BCUT2D eigenvalue weighted by Crippen LogP contribution is 2.38. The Kier molecular flexibility index (Phi) is 5.66. The summed E-state index contributed by atoms with van der Waals surface area (Å²) < 4.78 is 5.69. The average Bonchev–Trinajstić information content (AvgIpc) is 3.02. The van der Waals surface area contributed by atoms with Crippen LogP contribution in [0.1, 0.15) is 21.3 Å². The Bertz CT molecular complexity index is 906. The van der Waals surface area contributed by atoms with Crippen molar-refractivity contribution in [1.82, 2.24) is 10.4 Å². The third-order valence-electron chi connectivity index (χ3n) is 3.90. The Hall–Kier alpha value is -2.59. The van der Waals surface area contributed by atoms with Gasteiger partial charge in [0.2, 0.25) is 0 Å². The molecule has 1 aliphatic rings. The van der Waals surface area contributed by atoms with Crippen LogP contribution in [-0.2, 0) is 4.79 Å². The maximum Gasteiger partial charge on any atom is 0.271 e. The van der Waals surface area contributed by atoms with E-state index in [-0.39, 0.29) is 17.3 Å². The van der Waals surface area contributed by atoms with E-state index >= 15 is 0 Å². The Labute approximate surface area is 167 Å². The second-order valence-electron chi connectivity index (χ2n) is 5.56. The molecule has 0 aromatic heterocycles. The lowest BCUT2D eigenvalue weighted by Gasteiger charge is -2.24. The van der Waals surface area contributed by atoms with Gasteiger partial charge in [-0.1, -0.05) is 0 Å². The summed E-state index contributed by atoms with van der Waals surface area (Å²) in [4.78, 5) is 35.2. The highest BCUT2D eigenvalue weighted by Gasteiger charge is 2.35. The molecule has 1 N–H and O–H groups in total. The lowest BCUT2D eigenvalue weighted by Crippen LogP contribution is -2.44. The number of carbonyl (C=O) groups excluding carboxylic acids is 2. The van der Waals surface area contributed by atoms with Crippen molar-refractivity contribution in [2.75, 3.05) is 12.9 Å². The second kappa shape index (κ2) is 7.97. The summed E-state index contributed by atoms with van der Waals surface area (Å²) in [6, 6.07) is 10.9. The molecule has 0 radical (unpaired) electrons. The molecule has 3 rings (SSSR count). The van der Waals surface area contributed by atoms with Crippen LogP contribution in [-0.4, -0.2) is 34.6 Å². The fraction of sp³-hybridized carbons (Fsp3) is 0.176. The van der Waals surface area contributed by atoms with Gasteiger partial charge in [-0.05, 0) is 51.8 Å². The number of nitro benzene ring substituents is 1. The quantitative estimate of drug-likeness (QED) is 0.552. The van der Waals surface area contributed by atoms with E-state index in [0.717, 1.165) is 0 Å². The van der Waals surface area contributed by atoms with Gasteiger partial charge in [0.15, 0.2) is 0 Å². The van der Waals surface area contributed by atoms with Gasteiger partial charge in [0.25, 0.3) is 17.5 Å². The molecule has 1 atom stereocenters. The number of hydrogen-bond acceptors (Lipinski definition) is 6. The average molecular weight is 452 g/mol. The minimum absolute atomic E-state index is 0.0380. The number of nitrogens with zero attached hydrogens (tertiary/aromatic N) is 2. The molecule has 140 valence electrons. The molecule has 0 saturated carbocycles. The highest BCUT2D eigenvalue weighted by molar-refractivity contribution is 9.10. The molecule has 27 heavy (non-hydrogen) atoms. The monoisotopic (exact) mass is 451 g/mol. The predicted molar refractivity (Wildman–Crippen MR) is 103 cm³/mol. The molecule has 1 heterocycles. The molecule has 0 aliphatic carbocycles. The number of nitro groups is 1. The number of thioether (sulfide) groups is 1. The first-order valence-corrected chi connectivity index (χ1v) is 9.57. The summed E-state index contributed by atoms with van der Waals surface area (Å²) in [6.07, 6.45) is 0. The lowest BCUT2D eigenvalue weighted by molar-refractivity contribution is -0.384. The molecule has 8 nitrogen and oxygen atoms in total. The molecule has 0 bridgehead atoms. The first-order chi connectivity index (χ1) is 12.9. The van der Waals surface area contributed by atoms with E-state index in [9.17, 15) is 19.7 Å². The first kappa shape index (κ1) is 19.2. The number of hydrazine groups is 1. The SMILES string of the molecule is COc1ccc(Br)c(C(=O)NN2C(=O)CSC2c2ccc([N+](=O)[O-])cc2)c1. The van der Waals surface area contributed by atoms with Crippen LogP contribution >= 0.6 is 27.7 Å². The predicted octanol–water partition coefficient (Wildman–Crippen LogP) is 3.28. The number of rotatable bonds is 5. The van der Waals surface area contributed by atoms with Crippen molar-refractivity contribution >= 4 is 45.2 Å². The van der Waals surface area contributed by atoms with E-state index < -0.39 is 16.2 Å². The summed E-state index contributed by atoms with van der Waals surface area (Å²) in [5.41, 5.74) is 3.59. The molecule has 1 fully saturated rings. The summed E-state index contributed by atoms with van der Waals surface area (Å²) in [5.74, 6) is -0.0158. The number of amides is 2. The second-order valence-corrected chi connectivity index (χ2v) is 7.49. The zero-order valence-electron chi connectivity index (χ0n) is 14.0. The number of nitrogens with one attached hydrogen (secondary N) is 1.